The molecule has 0 saturated carbocycles. The van der Waals surface area contributed by atoms with Crippen molar-refractivity contribution in [3.8, 4) is 5.75 Å². The number of piperidine rings is 2. The number of imide groups is 1. The van der Waals surface area contributed by atoms with E-state index in [2.05, 4.69) is 35.3 Å². The van der Waals surface area contributed by atoms with E-state index in [0.717, 1.165) is 97.4 Å². The molecule has 0 aliphatic carbocycles. The number of fused-ring (bicyclic) bond motifs is 1. The second-order valence-corrected chi connectivity index (χ2v) is 16.6. The zero-order valence-corrected chi connectivity index (χ0v) is 32.4. The highest BCUT2D eigenvalue weighted by atomic mass is 32.2. The number of benzene rings is 2. The molecule has 0 spiro atoms. The molecule has 4 saturated heterocycles. The van der Waals surface area contributed by atoms with Crippen molar-refractivity contribution in [3.05, 3.63) is 58.1 Å². The summed E-state index contributed by atoms with van der Waals surface area (Å²) in [5, 5.41) is 5.69. The molecule has 4 aliphatic heterocycles. The second kappa shape index (κ2) is 18.4. The molecule has 5 heterocycles. The number of rotatable bonds is 15. The minimum absolute atomic E-state index is 0.0312. The normalized spacial score (nSPS) is 20.3. The molecule has 298 valence electrons. The maximum absolute atomic E-state index is 15.3. The van der Waals surface area contributed by atoms with Crippen LogP contribution in [0.25, 0.3) is 10.9 Å². The summed E-state index contributed by atoms with van der Waals surface area (Å²) in [6.45, 7) is 9.67. The van der Waals surface area contributed by atoms with Crippen molar-refractivity contribution in [2.24, 2.45) is 5.92 Å². The maximum atomic E-state index is 15.3. The van der Waals surface area contributed by atoms with Crippen LogP contribution in [0, 0.1) is 17.6 Å². The number of amides is 2. The third-order valence-corrected chi connectivity index (χ3v) is 13.0. The van der Waals surface area contributed by atoms with Gasteiger partial charge in [0.2, 0.25) is 12.3 Å². The summed E-state index contributed by atoms with van der Waals surface area (Å²) in [6, 6.07) is 8.42. The Hall–Kier alpha value is -3.79. The number of aromatic nitrogens is 2. The van der Waals surface area contributed by atoms with Crippen molar-refractivity contribution in [3.63, 3.8) is 0 Å². The number of carbonyl (C=O) groups excluding carboxylic acids is 2. The van der Waals surface area contributed by atoms with Crippen LogP contribution in [0.15, 0.2) is 35.1 Å². The molecule has 7 rings (SSSR count). The molecular weight excluding hydrogens is 729 g/mol. The number of carbonyl (C=O) groups is 2. The van der Waals surface area contributed by atoms with E-state index in [1.807, 2.05) is 6.92 Å². The molecular formula is C40H53F2N7O5S. The number of hydrogen-bond acceptors (Lipinski definition) is 11. The molecule has 4 fully saturated rings. The highest BCUT2D eigenvalue weighted by Crippen LogP contribution is 2.33. The molecule has 12 nitrogen and oxygen atoms in total. The van der Waals surface area contributed by atoms with E-state index in [0.29, 0.717) is 76.9 Å². The van der Waals surface area contributed by atoms with Crippen molar-refractivity contribution < 1.29 is 27.8 Å². The minimum Gasteiger partial charge on any atom is -0.493 e. The first-order valence-electron chi connectivity index (χ1n) is 19.9. The highest BCUT2D eigenvalue weighted by molar-refractivity contribution is 7.99. The molecule has 2 amide bonds. The topological polar surface area (TPSA) is 132 Å². The highest BCUT2D eigenvalue weighted by Gasteiger charge is 2.38. The Morgan fingerprint density at radius 1 is 1.02 bits per heavy atom. The van der Waals surface area contributed by atoms with Gasteiger partial charge in [0.25, 0.3) is 5.56 Å². The monoisotopic (exact) mass is 781 g/mol. The van der Waals surface area contributed by atoms with Gasteiger partial charge in [-0.25, -0.2) is 13.8 Å². The Morgan fingerprint density at radius 3 is 2.49 bits per heavy atom. The number of nitrogens with zero attached hydrogens (tertiary/aromatic N) is 4. The largest absolute Gasteiger partial charge is 0.493 e. The van der Waals surface area contributed by atoms with Crippen LogP contribution in [0.5, 0.6) is 5.75 Å². The van der Waals surface area contributed by atoms with Crippen LogP contribution in [0.3, 0.4) is 0 Å². The molecule has 1 aromatic heterocycles. The van der Waals surface area contributed by atoms with Gasteiger partial charge < -0.3 is 24.7 Å². The molecule has 1 atom stereocenters. The Bertz CT molecular complexity index is 1840. The molecule has 2 aromatic carbocycles. The summed E-state index contributed by atoms with van der Waals surface area (Å²) in [5.41, 5.74) is 0.961. The van der Waals surface area contributed by atoms with E-state index in [1.165, 1.54) is 12.1 Å². The first-order valence-corrected chi connectivity index (χ1v) is 20.9. The Kier molecular flexibility index (Phi) is 13.2. The number of nitrogens with one attached hydrogen (secondary N) is 3. The summed E-state index contributed by atoms with van der Waals surface area (Å²) in [5.74, 6) is 0.530. The van der Waals surface area contributed by atoms with E-state index in [1.54, 1.807) is 30.0 Å². The number of thioether (sulfide) groups is 1. The average Bonchev–Trinajstić information content (AvgIpc) is 3.17. The quantitative estimate of drug-likeness (QED) is 0.182. The summed E-state index contributed by atoms with van der Waals surface area (Å²) in [6.07, 6.45) is 7.59. The fourth-order valence-corrected chi connectivity index (χ4v) is 9.46. The number of aromatic amines is 1. The van der Waals surface area contributed by atoms with Gasteiger partial charge in [0.1, 0.15) is 34.6 Å². The van der Waals surface area contributed by atoms with Crippen molar-refractivity contribution in [1.29, 1.82) is 0 Å². The second-order valence-electron chi connectivity index (χ2n) is 15.3. The maximum Gasteiger partial charge on any atom is 0.261 e. The van der Waals surface area contributed by atoms with Gasteiger partial charge in [-0.15, -0.1) is 0 Å². The van der Waals surface area contributed by atoms with Crippen LogP contribution < -0.4 is 25.8 Å². The molecule has 3 aromatic rings. The SMILES string of the molecule is CCCC(Nc1ccc(N2CCC(N3CC(N4CCC(SCc5nc6cc(OCC7CCOCC7)cc(F)c6c(=O)[nH]5)CC4)C3)CC2)c(F)c1)C(=O)NC=O. The first kappa shape index (κ1) is 39.4. The number of anilines is 2. The summed E-state index contributed by atoms with van der Waals surface area (Å²) >= 11 is 1.81. The van der Waals surface area contributed by atoms with E-state index in [9.17, 15) is 18.8 Å². The molecule has 55 heavy (non-hydrogen) atoms. The molecule has 15 heteroatoms. The van der Waals surface area contributed by atoms with Crippen molar-refractivity contribution in [1.82, 2.24) is 25.1 Å². The van der Waals surface area contributed by atoms with Crippen LogP contribution in [-0.4, -0.2) is 115 Å². The lowest BCUT2D eigenvalue weighted by Crippen LogP contribution is -2.64. The Morgan fingerprint density at radius 2 is 1.78 bits per heavy atom. The zero-order chi connectivity index (χ0) is 38.3. The third kappa shape index (κ3) is 9.78. The first-order chi connectivity index (χ1) is 26.8. The van der Waals surface area contributed by atoms with E-state index in [-0.39, 0.29) is 11.2 Å². The molecule has 0 bridgehead atoms. The van der Waals surface area contributed by atoms with Crippen LogP contribution in [-0.2, 0) is 20.1 Å². The number of H-pyrrole nitrogens is 1. The van der Waals surface area contributed by atoms with Gasteiger partial charge in [0.15, 0.2) is 0 Å². The van der Waals surface area contributed by atoms with Crippen molar-refractivity contribution in [2.75, 3.05) is 69.3 Å². The third-order valence-electron chi connectivity index (χ3n) is 11.7. The zero-order valence-electron chi connectivity index (χ0n) is 31.6. The molecule has 3 N–H and O–H groups in total. The van der Waals surface area contributed by atoms with E-state index < -0.39 is 23.3 Å². The smallest absolute Gasteiger partial charge is 0.261 e. The summed E-state index contributed by atoms with van der Waals surface area (Å²) in [4.78, 5) is 50.5. The Balaban J connectivity index is 0.827. The van der Waals surface area contributed by atoms with Crippen molar-refractivity contribution >= 4 is 46.4 Å². The van der Waals surface area contributed by atoms with Crippen molar-refractivity contribution in [2.45, 2.75) is 87.4 Å². The lowest BCUT2D eigenvalue weighted by atomic mass is 9.95. The molecule has 1 unspecified atom stereocenters. The Labute approximate surface area is 325 Å². The van der Waals surface area contributed by atoms with Gasteiger partial charge in [-0.05, 0) is 82.2 Å². The predicted molar refractivity (Wildman–Crippen MR) is 211 cm³/mol. The standard InChI is InChI=1S/C40H53F2N7O5S/c1-2-3-34(39(51)43-25-50)44-27-4-5-36(32(41)18-27)48-12-6-28(7-13-48)49-21-29(22-49)47-14-8-31(9-15-47)55-24-37-45-35-20-30(19-33(42)38(35)40(52)46-37)54-23-26-10-16-53-17-11-26/h4-5,18-20,25-26,28-29,31,34,44H,2-3,6-17,21-24H2,1H3,(H,43,50,51)(H,45,46,52). The number of ether oxygens (including phenoxy) is 2. The van der Waals surface area contributed by atoms with Crippen LogP contribution in [0.2, 0.25) is 0 Å². The predicted octanol–water partition coefficient (Wildman–Crippen LogP) is 4.91. The van der Waals surface area contributed by atoms with Gasteiger partial charge in [-0.3, -0.25) is 29.5 Å². The van der Waals surface area contributed by atoms with Gasteiger partial charge in [-0.1, -0.05) is 13.3 Å². The van der Waals surface area contributed by atoms with E-state index >= 15 is 4.39 Å². The average molecular weight is 782 g/mol. The van der Waals surface area contributed by atoms with Gasteiger partial charge in [-0.2, -0.15) is 11.8 Å². The summed E-state index contributed by atoms with van der Waals surface area (Å²) < 4.78 is 41.5. The number of hydrogen-bond donors (Lipinski definition) is 3. The van der Waals surface area contributed by atoms with Crippen LogP contribution in [0.4, 0.5) is 20.2 Å². The lowest BCUT2D eigenvalue weighted by molar-refractivity contribution is -0.125. The molecule has 0 radical (unpaired) electrons. The number of likely N-dealkylation sites (tertiary alicyclic amines) is 2. The molecule has 4 aliphatic rings. The number of halogens is 2. The lowest BCUT2D eigenvalue weighted by Gasteiger charge is -2.52. The van der Waals surface area contributed by atoms with Gasteiger partial charge >= 0.3 is 0 Å². The minimum atomic E-state index is -0.616. The fraction of sp³-hybridized carbons (Fsp3) is 0.600. The summed E-state index contributed by atoms with van der Waals surface area (Å²) in [7, 11) is 0. The van der Waals surface area contributed by atoms with Crippen LogP contribution >= 0.6 is 11.8 Å². The fourth-order valence-electron chi connectivity index (χ4n) is 8.39. The van der Waals surface area contributed by atoms with Gasteiger partial charge in [0.05, 0.1) is 23.6 Å². The van der Waals surface area contributed by atoms with E-state index in [4.69, 9.17) is 9.47 Å². The van der Waals surface area contributed by atoms with Crippen LogP contribution in [0.1, 0.15) is 64.1 Å². The van der Waals surface area contributed by atoms with Gasteiger partial charge in [0, 0.05) is 74.5 Å².